The molecule has 1 spiro atoms. The van der Waals surface area contributed by atoms with Crippen molar-refractivity contribution in [3.8, 4) is 0 Å². The predicted octanol–water partition coefficient (Wildman–Crippen LogP) is 4.79. The van der Waals surface area contributed by atoms with Crippen LogP contribution in [-0.2, 0) is 43.7 Å². The minimum absolute atomic E-state index is 0. The first-order chi connectivity index (χ1) is 17.3. The summed E-state index contributed by atoms with van der Waals surface area (Å²) in [4.78, 5) is 14.9. The Morgan fingerprint density at radius 3 is 2.31 bits per heavy atom. The van der Waals surface area contributed by atoms with Gasteiger partial charge in [0.05, 0.1) is 24.6 Å². The van der Waals surface area contributed by atoms with Crippen LogP contribution in [0.25, 0.3) is 0 Å². The molecule has 36 heavy (non-hydrogen) atoms. The Bertz CT molecular complexity index is 1130. The molecule has 2 aliphatic heterocycles. The zero-order valence-corrected chi connectivity index (χ0v) is 21.4. The van der Waals surface area contributed by atoms with E-state index in [1.807, 2.05) is 52.2 Å². The Labute approximate surface area is 223 Å². The van der Waals surface area contributed by atoms with Gasteiger partial charge in [-0.1, -0.05) is 84.9 Å². The molecule has 7 nitrogen and oxygen atoms in total. The van der Waals surface area contributed by atoms with Crippen LogP contribution in [0.4, 0.5) is 5.69 Å². The first-order valence-corrected chi connectivity index (χ1v) is 12.5. The summed E-state index contributed by atoms with van der Waals surface area (Å²) in [5.41, 5.74) is 2.74. The summed E-state index contributed by atoms with van der Waals surface area (Å²) in [5.74, 6) is -1.05. The first-order valence-electron chi connectivity index (χ1n) is 12.5. The molecule has 4 aliphatic rings. The summed E-state index contributed by atoms with van der Waals surface area (Å²) >= 11 is 0. The number of benzene rings is 1. The van der Waals surface area contributed by atoms with E-state index in [1.54, 1.807) is 0 Å². The quantitative estimate of drug-likeness (QED) is 0.364. The maximum Gasteiger partial charge on any atom is 2.00 e. The van der Waals surface area contributed by atoms with E-state index >= 15 is 0 Å². The van der Waals surface area contributed by atoms with E-state index in [4.69, 9.17) is 9.47 Å². The Balaban J connectivity index is 0.000000455. The molecular formula is C28H32FeN4O3+2. The van der Waals surface area contributed by atoms with Crippen molar-refractivity contribution in [3.63, 3.8) is 0 Å². The normalized spacial score (nSPS) is 18.7. The minimum atomic E-state index is -1.22. The number of anilines is 1. The number of rotatable bonds is 8. The van der Waals surface area contributed by atoms with Crippen LogP contribution in [0.1, 0.15) is 49.3 Å². The van der Waals surface area contributed by atoms with Crippen LogP contribution in [0.5, 0.6) is 0 Å². The van der Waals surface area contributed by atoms with Crippen LogP contribution in [-0.4, -0.2) is 40.7 Å². The van der Waals surface area contributed by atoms with E-state index in [1.165, 1.54) is 0 Å². The SMILES string of the molecule is C1=CCC=C1.O=C1N(CCCCCCn2cc(C3C=CC=C3)nn2)c2ccccc2C12OCCO2.[Fe+2]. The number of nitrogens with zero attached hydrogens (tertiary/aromatic N) is 4. The van der Waals surface area contributed by atoms with Crippen LogP contribution in [0.3, 0.4) is 0 Å². The molecule has 3 heterocycles. The maximum atomic E-state index is 13.1. The molecule has 2 aromatic rings. The van der Waals surface area contributed by atoms with Crippen LogP contribution in [0.2, 0.25) is 0 Å². The average molecular weight is 528 g/mol. The molecule has 1 saturated heterocycles. The second-order valence-electron chi connectivity index (χ2n) is 9.00. The Morgan fingerprint density at radius 1 is 0.917 bits per heavy atom. The number of carbonyl (C=O) groups is 1. The van der Waals surface area contributed by atoms with Gasteiger partial charge in [-0.15, -0.1) is 5.10 Å². The van der Waals surface area contributed by atoms with Crippen molar-refractivity contribution in [2.45, 2.75) is 50.4 Å². The van der Waals surface area contributed by atoms with E-state index in [0.717, 1.165) is 55.6 Å². The molecule has 1 aromatic carbocycles. The number of fused-ring (bicyclic) bond motifs is 2. The minimum Gasteiger partial charge on any atom is -0.336 e. The molecular weight excluding hydrogens is 496 g/mol. The predicted molar refractivity (Wildman–Crippen MR) is 135 cm³/mol. The molecule has 0 unspecified atom stereocenters. The summed E-state index contributed by atoms with van der Waals surface area (Å²) in [5, 5.41) is 8.51. The molecule has 8 heteroatoms. The van der Waals surface area contributed by atoms with Gasteiger partial charge in [-0.05, 0) is 25.3 Å². The Hall–Kier alpha value is -2.77. The number of hydrogen-bond donors (Lipinski definition) is 0. The van der Waals surface area contributed by atoms with Crippen LogP contribution in [0, 0.1) is 0 Å². The van der Waals surface area contributed by atoms with Crippen molar-refractivity contribution in [3.05, 3.63) is 90.3 Å². The topological polar surface area (TPSA) is 69.5 Å². The smallest absolute Gasteiger partial charge is 0.336 e. The van der Waals surface area contributed by atoms with Crippen molar-refractivity contribution in [1.29, 1.82) is 0 Å². The third-order valence-electron chi connectivity index (χ3n) is 6.59. The van der Waals surface area contributed by atoms with Crippen molar-refractivity contribution < 1.29 is 31.3 Å². The van der Waals surface area contributed by atoms with Crippen LogP contribution >= 0.6 is 0 Å². The summed E-state index contributed by atoms with van der Waals surface area (Å²) in [7, 11) is 0. The monoisotopic (exact) mass is 528 g/mol. The molecule has 1 fully saturated rings. The molecule has 0 radical (unpaired) electrons. The molecule has 6 rings (SSSR count). The standard InChI is InChI=1S/C23H26N4O3.C5H6.Fe/c28-22-23(29-15-16-30-23)19-11-5-6-12-21(19)27(22)14-8-2-1-7-13-26-17-20(24-25-26)18-9-3-4-10-18;1-2-4-5-3-1;/h3-6,9-12,17-18H,1-2,7-8,13-16H2;1-4H,5H2;/q;;+2. The summed E-state index contributed by atoms with van der Waals surface area (Å²) in [6.45, 7) is 2.44. The Kier molecular flexibility index (Phi) is 9.10. The number of carbonyl (C=O) groups excluding carboxylic acids is 1. The third-order valence-corrected chi connectivity index (χ3v) is 6.59. The van der Waals surface area contributed by atoms with E-state index in [2.05, 4.69) is 46.8 Å². The largest absolute Gasteiger partial charge is 2.00 e. The summed E-state index contributed by atoms with van der Waals surface area (Å²) in [6.07, 6.45) is 24.0. The second-order valence-corrected chi connectivity index (χ2v) is 9.00. The number of aromatic nitrogens is 3. The number of unbranched alkanes of at least 4 members (excludes halogenated alkanes) is 3. The van der Waals surface area contributed by atoms with Gasteiger partial charge in [0.1, 0.15) is 0 Å². The molecule has 1 amide bonds. The zero-order valence-electron chi connectivity index (χ0n) is 20.3. The van der Waals surface area contributed by atoms with Gasteiger partial charge < -0.3 is 14.4 Å². The number of hydrogen-bond acceptors (Lipinski definition) is 5. The van der Waals surface area contributed by atoms with Gasteiger partial charge in [-0.3, -0.25) is 9.48 Å². The van der Waals surface area contributed by atoms with E-state index < -0.39 is 5.79 Å². The number of amides is 1. The van der Waals surface area contributed by atoms with Gasteiger partial charge in [0.25, 0.3) is 11.7 Å². The number of para-hydroxylation sites is 1. The van der Waals surface area contributed by atoms with Gasteiger partial charge in [-0.25, -0.2) is 0 Å². The van der Waals surface area contributed by atoms with Crippen LogP contribution in [0.15, 0.2) is 79.1 Å². The first kappa shape index (κ1) is 26.3. The fraction of sp³-hybridized carbons (Fsp3) is 0.393. The van der Waals surface area contributed by atoms with Gasteiger partial charge in [0.15, 0.2) is 0 Å². The number of ether oxygens (including phenoxy) is 2. The zero-order chi connectivity index (χ0) is 23.9. The third kappa shape index (κ3) is 5.62. The van der Waals surface area contributed by atoms with Gasteiger partial charge in [0.2, 0.25) is 0 Å². The molecule has 1 aromatic heterocycles. The van der Waals surface area contributed by atoms with Crippen molar-refractivity contribution in [1.82, 2.24) is 15.0 Å². The Morgan fingerprint density at radius 2 is 1.61 bits per heavy atom. The second kappa shape index (κ2) is 12.5. The maximum absolute atomic E-state index is 13.1. The van der Waals surface area contributed by atoms with Crippen molar-refractivity contribution >= 4 is 11.6 Å². The van der Waals surface area contributed by atoms with E-state index in [9.17, 15) is 4.79 Å². The number of aryl methyl sites for hydroxylation is 1. The molecule has 0 bridgehead atoms. The van der Waals surface area contributed by atoms with Gasteiger partial charge >= 0.3 is 17.1 Å². The average Bonchev–Trinajstić information content (AvgIpc) is 3.72. The summed E-state index contributed by atoms with van der Waals surface area (Å²) < 4.78 is 13.5. The van der Waals surface area contributed by atoms with Crippen LogP contribution < -0.4 is 4.90 Å². The number of allylic oxidation sites excluding steroid dienone is 8. The van der Waals surface area contributed by atoms with Gasteiger partial charge in [0, 0.05) is 30.8 Å². The van der Waals surface area contributed by atoms with Crippen molar-refractivity contribution in [2.75, 3.05) is 24.7 Å². The molecule has 0 N–H and O–H groups in total. The fourth-order valence-electron chi connectivity index (χ4n) is 4.80. The van der Waals surface area contributed by atoms with E-state index in [-0.39, 0.29) is 28.9 Å². The van der Waals surface area contributed by atoms with E-state index in [0.29, 0.717) is 19.8 Å². The van der Waals surface area contributed by atoms with Crippen molar-refractivity contribution in [2.24, 2.45) is 0 Å². The summed E-state index contributed by atoms with van der Waals surface area (Å²) in [6, 6.07) is 7.79. The van der Waals surface area contributed by atoms with Gasteiger partial charge in [-0.2, -0.15) is 0 Å². The molecule has 2 aliphatic carbocycles. The molecule has 0 atom stereocenters. The molecule has 188 valence electrons. The fourth-order valence-corrected chi connectivity index (χ4v) is 4.80. The molecule has 0 saturated carbocycles.